The molecule has 0 saturated carbocycles. The van der Waals surface area contributed by atoms with Crippen molar-refractivity contribution in [2.24, 2.45) is 0 Å². The maximum absolute atomic E-state index is 12.6. The van der Waals surface area contributed by atoms with Gasteiger partial charge < -0.3 is 13.8 Å². The fourth-order valence-corrected chi connectivity index (χ4v) is 3.83. The number of aromatic nitrogens is 2. The van der Waals surface area contributed by atoms with E-state index in [-0.39, 0.29) is 5.91 Å². The average molecular weight is 409 g/mol. The second kappa shape index (κ2) is 8.83. The molecule has 3 heterocycles. The van der Waals surface area contributed by atoms with Crippen LogP contribution in [0.25, 0.3) is 11.6 Å². The predicted octanol–water partition coefficient (Wildman–Crippen LogP) is 3.78. The fourth-order valence-electron chi connectivity index (χ4n) is 3.83. The Kier molecular flexibility index (Phi) is 5.99. The number of rotatable bonds is 6. The summed E-state index contributed by atoms with van der Waals surface area (Å²) in [5.74, 6) is 1.56. The normalized spacial score (nSPS) is 16.0. The third kappa shape index (κ3) is 4.46. The van der Waals surface area contributed by atoms with Gasteiger partial charge in [-0.15, -0.1) is 0 Å². The number of hydrogen-bond donors (Lipinski definition) is 0. The van der Waals surface area contributed by atoms with Crippen LogP contribution >= 0.6 is 0 Å². The second-order valence-corrected chi connectivity index (χ2v) is 7.93. The Morgan fingerprint density at radius 2 is 1.93 bits per heavy atom. The van der Waals surface area contributed by atoms with Crippen molar-refractivity contribution in [2.75, 3.05) is 26.2 Å². The van der Waals surface area contributed by atoms with Gasteiger partial charge in [0.05, 0.1) is 6.26 Å². The van der Waals surface area contributed by atoms with E-state index < -0.39 is 0 Å². The monoisotopic (exact) mass is 408 g/mol. The minimum atomic E-state index is 0.131. The lowest BCUT2D eigenvalue weighted by Crippen LogP contribution is -2.49. The summed E-state index contributed by atoms with van der Waals surface area (Å²) in [5, 5.41) is 3.91. The lowest BCUT2D eigenvalue weighted by molar-refractivity contribution is -0.133. The van der Waals surface area contributed by atoms with Crippen LogP contribution < -0.4 is 0 Å². The van der Waals surface area contributed by atoms with Crippen molar-refractivity contribution in [1.82, 2.24) is 19.9 Å². The molecule has 0 radical (unpaired) electrons. The van der Waals surface area contributed by atoms with Gasteiger partial charge in [0, 0.05) is 45.1 Å². The van der Waals surface area contributed by atoms with Crippen LogP contribution in [0.3, 0.4) is 0 Å². The van der Waals surface area contributed by atoms with Gasteiger partial charge in [-0.25, -0.2) is 0 Å². The minimum Gasteiger partial charge on any atom is -0.461 e. The molecule has 4 rings (SSSR count). The number of furan rings is 1. The molecule has 1 amide bonds. The van der Waals surface area contributed by atoms with Gasteiger partial charge in [0.25, 0.3) is 0 Å². The summed E-state index contributed by atoms with van der Waals surface area (Å²) in [5.41, 5.74) is 3.98. The zero-order chi connectivity index (χ0) is 21.1. The van der Waals surface area contributed by atoms with Crippen LogP contribution in [0.15, 0.2) is 45.5 Å². The molecule has 1 unspecified atom stereocenters. The minimum absolute atomic E-state index is 0.131. The van der Waals surface area contributed by atoms with Crippen LogP contribution in [0.2, 0.25) is 0 Å². The van der Waals surface area contributed by atoms with Gasteiger partial charge in [0.1, 0.15) is 0 Å². The molecule has 3 aromatic rings. The Bertz CT molecular complexity index is 988. The number of nitrogens with zero attached hydrogens (tertiary/aromatic N) is 4. The smallest absolute Gasteiger partial charge is 0.238 e. The SMILES string of the molecule is Cc1ccc(C(C)N2CCN(C(=O)CCc3nc(-c4ccco4)no3)CC2)cc1C. The standard InChI is InChI=1S/C23H28N4O3/c1-16-6-7-19(15-17(16)2)18(3)26-10-12-27(13-11-26)22(28)9-8-21-24-23(25-30-21)20-5-4-14-29-20/h4-7,14-15,18H,8-13H2,1-3H3. The number of benzene rings is 1. The van der Waals surface area contributed by atoms with Crippen molar-refractivity contribution in [3.8, 4) is 11.6 Å². The number of carbonyl (C=O) groups excluding carboxylic acids is 1. The van der Waals surface area contributed by atoms with Gasteiger partial charge in [-0.2, -0.15) is 4.98 Å². The van der Waals surface area contributed by atoms with Crippen LogP contribution in [0.1, 0.15) is 42.0 Å². The lowest BCUT2D eigenvalue weighted by atomic mass is 10.0. The van der Waals surface area contributed by atoms with Gasteiger partial charge in [-0.05, 0) is 49.6 Å². The largest absolute Gasteiger partial charge is 0.461 e. The Morgan fingerprint density at radius 3 is 2.63 bits per heavy atom. The first-order chi connectivity index (χ1) is 14.5. The highest BCUT2D eigenvalue weighted by molar-refractivity contribution is 5.76. The Morgan fingerprint density at radius 1 is 1.13 bits per heavy atom. The lowest BCUT2D eigenvalue weighted by Gasteiger charge is -2.38. The first-order valence-electron chi connectivity index (χ1n) is 10.5. The maximum atomic E-state index is 12.6. The van der Waals surface area contributed by atoms with E-state index >= 15 is 0 Å². The van der Waals surface area contributed by atoms with Crippen molar-refractivity contribution in [3.63, 3.8) is 0 Å². The van der Waals surface area contributed by atoms with Crippen molar-refractivity contribution in [3.05, 3.63) is 59.2 Å². The van der Waals surface area contributed by atoms with Crippen molar-refractivity contribution in [1.29, 1.82) is 0 Å². The number of amides is 1. The molecular formula is C23H28N4O3. The summed E-state index contributed by atoms with van der Waals surface area (Å²) in [6.07, 6.45) is 2.37. The average Bonchev–Trinajstić information content (AvgIpc) is 3.45. The zero-order valence-corrected chi connectivity index (χ0v) is 17.8. The summed E-state index contributed by atoms with van der Waals surface area (Å²) in [4.78, 5) is 21.3. The highest BCUT2D eigenvalue weighted by atomic mass is 16.5. The molecule has 1 atom stereocenters. The van der Waals surface area contributed by atoms with Crippen molar-refractivity contribution < 1.29 is 13.7 Å². The Hall–Kier alpha value is -2.93. The van der Waals surface area contributed by atoms with Crippen LogP contribution in [-0.2, 0) is 11.2 Å². The van der Waals surface area contributed by atoms with E-state index in [0.29, 0.717) is 36.4 Å². The summed E-state index contributed by atoms with van der Waals surface area (Å²) < 4.78 is 10.5. The third-order valence-electron chi connectivity index (χ3n) is 5.99. The van der Waals surface area contributed by atoms with Crippen LogP contribution in [0.4, 0.5) is 0 Å². The van der Waals surface area contributed by atoms with E-state index in [9.17, 15) is 4.79 Å². The van der Waals surface area contributed by atoms with Crippen molar-refractivity contribution in [2.45, 2.75) is 39.7 Å². The molecule has 1 aliphatic rings. The molecule has 1 aromatic carbocycles. The molecule has 1 fully saturated rings. The van der Waals surface area contributed by atoms with E-state index in [1.54, 1.807) is 18.4 Å². The van der Waals surface area contributed by atoms with Gasteiger partial charge >= 0.3 is 0 Å². The van der Waals surface area contributed by atoms with Crippen LogP contribution in [0.5, 0.6) is 0 Å². The van der Waals surface area contributed by atoms with Gasteiger partial charge in [0.2, 0.25) is 17.6 Å². The zero-order valence-electron chi connectivity index (χ0n) is 17.8. The number of hydrogen-bond acceptors (Lipinski definition) is 6. The van der Waals surface area contributed by atoms with Crippen LogP contribution in [0, 0.1) is 13.8 Å². The van der Waals surface area contributed by atoms with Crippen molar-refractivity contribution >= 4 is 5.91 Å². The Balaban J connectivity index is 1.26. The quantitative estimate of drug-likeness (QED) is 0.618. The molecule has 0 spiro atoms. The molecule has 1 saturated heterocycles. The summed E-state index contributed by atoms with van der Waals surface area (Å²) in [6, 6.07) is 10.6. The molecular weight excluding hydrogens is 380 g/mol. The maximum Gasteiger partial charge on any atom is 0.238 e. The second-order valence-electron chi connectivity index (χ2n) is 7.93. The van der Waals surface area contributed by atoms with E-state index in [1.807, 2.05) is 4.90 Å². The van der Waals surface area contributed by atoms with Crippen LogP contribution in [-0.4, -0.2) is 52.0 Å². The molecule has 158 valence electrons. The first-order valence-corrected chi connectivity index (χ1v) is 10.5. The molecule has 7 heteroatoms. The van der Waals surface area contributed by atoms with E-state index in [1.165, 1.54) is 16.7 Å². The number of piperazine rings is 1. The summed E-state index contributed by atoms with van der Waals surface area (Å²) >= 11 is 0. The summed E-state index contributed by atoms with van der Waals surface area (Å²) in [6.45, 7) is 9.79. The van der Waals surface area contributed by atoms with E-state index in [2.05, 4.69) is 54.0 Å². The molecule has 30 heavy (non-hydrogen) atoms. The topological polar surface area (TPSA) is 75.6 Å². The number of aryl methyl sites for hydroxylation is 3. The van der Waals surface area contributed by atoms with Gasteiger partial charge in [-0.3, -0.25) is 9.69 Å². The summed E-state index contributed by atoms with van der Waals surface area (Å²) in [7, 11) is 0. The highest BCUT2D eigenvalue weighted by Gasteiger charge is 2.25. The molecule has 0 bridgehead atoms. The molecule has 0 N–H and O–H groups in total. The number of carbonyl (C=O) groups is 1. The predicted molar refractivity (Wildman–Crippen MR) is 113 cm³/mol. The van der Waals surface area contributed by atoms with E-state index in [4.69, 9.17) is 8.94 Å². The third-order valence-corrected chi connectivity index (χ3v) is 5.99. The van der Waals surface area contributed by atoms with Gasteiger partial charge in [-0.1, -0.05) is 23.4 Å². The van der Waals surface area contributed by atoms with Gasteiger partial charge in [0.15, 0.2) is 5.76 Å². The highest BCUT2D eigenvalue weighted by Crippen LogP contribution is 2.24. The molecule has 7 nitrogen and oxygen atoms in total. The molecule has 2 aromatic heterocycles. The fraction of sp³-hybridized carbons (Fsp3) is 0.435. The Labute approximate surface area is 176 Å². The first kappa shape index (κ1) is 20.3. The molecule has 1 aliphatic heterocycles. The molecule has 0 aliphatic carbocycles. The van der Waals surface area contributed by atoms with E-state index in [0.717, 1.165) is 26.2 Å².